The van der Waals surface area contributed by atoms with Gasteiger partial charge in [-0.15, -0.1) is 0 Å². The predicted octanol–water partition coefficient (Wildman–Crippen LogP) is 6.98. The lowest BCUT2D eigenvalue weighted by Gasteiger charge is -2.35. The van der Waals surface area contributed by atoms with E-state index in [2.05, 4.69) is 59.4 Å². The first-order valence-electron chi connectivity index (χ1n) is 11.0. The van der Waals surface area contributed by atoms with Crippen molar-refractivity contribution in [3.8, 4) is 11.5 Å². The highest BCUT2D eigenvalue weighted by molar-refractivity contribution is 9.10. The SMILES string of the molecule is COc1ccc([C@H]2C[C@@H](c3ccc(C(C)C)cc3)Nc3c(C(=O)O)cc(Br)cc32)cc1OC. The Balaban J connectivity index is 1.84. The molecule has 4 rings (SSSR count). The summed E-state index contributed by atoms with van der Waals surface area (Å²) in [6, 6.07) is 18.1. The Bertz CT molecular complexity index is 1170. The predicted molar refractivity (Wildman–Crippen MR) is 134 cm³/mol. The highest BCUT2D eigenvalue weighted by Crippen LogP contribution is 2.47. The van der Waals surface area contributed by atoms with Crippen LogP contribution in [0, 0.1) is 0 Å². The fraction of sp³-hybridized carbons (Fsp3) is 0.296. The topological polar surface area (TPSA) is 67.8 Å². The van der Waals surface area contributed by atoms with Gasteiger partial charge in [0.25, 0.3) is 0 Å². The number of carbonyl (C=O) groups is 1. The van der Waals surface area contributed by atoms with Crippen molar-refractivity contribution in [3.05, 3.63) is 86.9 Å². The fourth-order valence-electron chi connectivity index (χ4n) is 4.55. The van der Waals surface area contributed by atoms with Crippen LogP contribution in [-0.4, -0.2) is 25.3 Å². The van der Waals surface area contributed by atoms with Gasteiger partial charge in [0.2, 0.25) is 0 Å². The number of methoxy groups -OCH3 is 2. The molecule has 6 heteroatoms. The van der Waals surface area contributed by atoms with Crippen molar-refractivity contribution in [2.75, 3.05) is 19.5 Å². The summed E-state index contributed by atoms with van der Waals surface area (Å²) < 4.78 is 11.7. The third-order valence-electron chi connectivity index (χ3n) is 6.34. The molecule has 5 nitrogen and oxygen atoms in total. The molecule has 1 aliphatic heterocycles. The number of hydrogen-bond donors (Lipinski definition) is 2. The average molecular weight is 510 g/mol. The van der Waals surface area contributed by atoms with Crippen LogP contribution in [0.1, 0.15) is 70.8 Å². The Morgan fingerprint density at radius 1 is 1.00 bits per heavy atom. The van der Waals surface area contributed by atoms with Gasteiger partial charge in [-0.1, -0.05) is 60.1 Å². The van der Waals surface area contributed by atoms with E-state index in [0.29, 0.717) is 23.1 Å². The van der Waals surface area contributed by atoms with Gasteiger partial charge >= 0.3 is 5.97 Å². The van der Waals surface area contributed by atoms with Crippen LogP contribution < -0.4 is 14.8 Å². The number of ether oxygens (including phenoxy) is 2. The number of nitrogens with one attached hydrogen (secondary N) is 1. The minimum absolute atomic E-state index is 0.0218. The van der Waals surface area contributed by atoms with Gasteiger partial charge in [-0.2, -0.15) is 0 Å². The summed E-state index contributed by atoms with van der Waals surface area (Å²) in [5.74, 6) is 0.793. The number of rotatable bonds is 6. The van der Waals surface area contributed by atoms with E-state index in [9.17, 15) is 9.90 Å². The van der Waals surface area contributed by atoms with Crippen molar-refractivity contribution in [2.24, 2.45) is 0 Å². The molecule has 0 saturated heterocycles. The van der Waals surface area contributed by atoms with E-state index in [1.54, 1.807) is 20.3 Å². The largest absolute Gasteiger partial charge is 0.493 e. The maximum absolute atomic E-state index is 12.1. The number of anilines is 1. The fourth-order valence-corrected chi connectivity index (χ4v) is 5.02. The van der Waals surface area contributed by atoms with E-state index in [0.717, 1.165) is 27.6 Å². The van der Waals surface area contributed by atoms with Crippen molar-refractivity contribution < 1.29 is 19.4 Å². The lowest BCUT2D eigenvalue weighted by atomic mass is 9.79. The molecule has 3 aromatic carbocycles. The molecule has 1 heterocycles. The summed E-state index contributed by atoms with van der Waals surface area (Å²) in [5.41, 5.74) is 5.33. The quantitative estimate of drug-likeness (QED) is 0.375. The monoisotopic (exact) mass is 509 g/mol. The first-order valence-corrected chi connectivity index (χ1v) is 11.8. The van der Waals surface area contributed by atoms with Crippen molar-refractivity contribution >= 4 is 27.6 Å². The van der Waals surface area contributed by atoms with E-state index in [1.807, 2.05) is 24.3 Å². The molecule has 3 aromatic rings. The first kappa shape index (κ1) is 23.2. The van der Waals surface area contributed by atoms with Crippen LogP contribution in [-0.2, 0) is 0 Å². The van der Waals surface area contributed by atoms with Gasteiger partial charge in [-0.05, 0) is 58.9 Å². The summed E-state index contributed by atoms with van der Waals surface area (Å²) in [5, 5.41) is 13.5. The molecule has 0 saturated carbocycles. The van der Waals surface area contributed by atoms with Gasteiger partial charge in [-0.25, -0.2) is 4.79 Å². The summed E-state index contributed by atoms with van der Waals surface area (Å²) in [6.07, 6.45) is 0.777. The zero-order chi connectivity index (χ0) is 23.7. The Hall–Kier alpha value is -2.99. The second-order valence-electron chi connectivity index (χ2n) is 8.64. The molecule has 0 aliphatic carbocycles. The molecular weight excluding hydrogens is 482 g/mol. The van der Waals surface area contributed by atoms with Gasteiger partial charge in [-0.3, -0.25) is 0 Å². The van der Waals surface area contributed by atoms with Crippen LogP contribution in [0.25, 0.3) is 0 Å². The van der Waals surface area contributed by atoms with Crippen LogP contribution in [0.15, 0.2) is 59.1 Å². The lowest BCUT2D eigenvalue weighted by molar-refractivity contribution is 0.0697. The average Bonchev–Trinajstić information content (AvgIpc) is 2.82. The van der Waals surface area contributed by atoms with Crippen LogP contribution >= 0.6 is 15.9 Å². The molecule has 0 unspecified atom stereocenters. The van der Waals surface area contributed by atoms with Crippen molar-refractivity contribution in [2.45, 2.75) is 38.1 Å². The third kappa shape index (κ3) is 4.58. The molecule has 0 amide bonds. The normalized spacial score (nSPS) is 17.3. The van der Waals surface area contributed by atoms with Crippen LogP contribution in [0.2, 0.25) is 0 Å². The lowest BCUT2D eigenvalue weighted by Crippen LogP contribution is -2.24. The second-order valence-corrected chi connectivity index (χ2v) is 9.56. The van der Waals surface area contributed by atoms with Crippen molar-refractivity contribution in [3.63, 3.8) is 0 Å². The summed E-state index contributed by atoms with van der Waals surface area (Å²) in [7, 11) is 3.24. The molecule has 0 fully saturated rings. The van der Waals surface area contributed by atoms with Crippen LogP contribution in [0.4, 0.5) is 5.69 Å². The molecular formula is C27H28BrNO4. The molecule has 0 aromatic heterocycles. The number of hydrogen-bond acceptors (Lipinski definition) is 4. The number of fused-ring (bicyclic) bond motifs is 1. The smallest absolute Gasteiger partial charge is 0.337 e. The van der Waals surface area contributed by atoms with E-state index < -0.39 is 5.97 Å². The summed E-state index contributed by atoms with van der Waals surface area (Å²) in [4.78, 5) is 12.1. The van der Waals surface area contributed by atoms with Crippen LogP contribution in [0.5, 0.6) is 11.5 Å². The van der Waals surface area contributed by atoms with Gasteiger partial charge < -0.3 is 19.9 Å². The van der Waals surface area contributed by atoms with Gasteiger partial charge in [0.05, 0.1) is 31.5 Å². The molecule has 0 bridgehead atoms. The van der Waals surface area contributed by atoms with Gasteiger partial charge in [0.1, 0.15) is 0 Å². The number of carboxylic acids is 1. The van der Waals surface area contributed by atoms with Crippen LogP contribution in [0.3, 0.4) is 0 Å². The van der Waals surface area contributed by atoms with E-state index in [4.69, 9.17) is 9.47 Å². The van der Waals surface area contributed by atoms with Gasteiger partial charge in [0.15, 0.2) is 11.5 Å². The third-order valence-corrected chi connectivity index (χ3v) is 6.80. The molecule has 2 atom stereocenters. The zero-order valence-electron chi connectivity index (χ0n) is 19.2. The molecule has 172 valence electrons. The van der Waals surface area contributed by atoms with E-state index in [-0.39, 0.29) is 17.5 Å². The summed E-state index contributed by atoms with van der Waals surface area (Å²) in [6.45, 7) is 4.35. The highest BCUT2D eigenvalue weighted by Gasteiger charge is 2.32. The Morgan fingerprint density at radius 3 is 2.27 bits per heavy atom. The zero-order valence-corrected chi connectivity index (χ0v) is 20.8. The first-order chi connectivity index (χ1) is 15.8. The number of halogens is 1. The molecule has 33 heavy (non-hydrogen) atoms. The van der Waals surface area contributed by atoms with E-state index in [1.165, 1.54) is 5.56 Å². The van der Waals surface area contributed by atoms with Crippen molar-refractivity contribution in [1.29, 1.82) is 0 Å². The summed E-state index contributed by atoms with van der Waals surface area (Å²) >= 11 is 3.51. The Labute approximate surface area is 202 Å². The Kier molecular flexibility index (Phi) is 6.66. The number of aromatic carboxylic acids is 1. The minimum Gasteiger partial charge on any atom is -0.493 e. The maximum atomic E-state index is 12.1. The highest BCUT2D eigenvalue weighted by atomic mass is 79.9. The molecule has 2 N–H and O–H groups in total. The van der Waals surface area contributed by atoms with Crippen molar-refractivity contribution in [1.82, 2.24) is 0 Å². The molecule has 1 aliphatic rings. The second kappa shape index (κ2) is 9.48. The standard InChI is InChI=1S/C27H28BrNO4/c1-15(2)16-5-7-17(8-6-16)23-14-20(18-9-10-24(32-3)25(11-18)33-4)21-12-19(28)13-22(27(30)31)26(21)29-23/h5-13,15,20,23,29H,14H2,1-4H3,(H,30,31)/t20-,23+/m1/s1. The molecule has 0 radical (unpaired) electrons. The number of carboxylic acid groups (broad SMARTS) is 1. The van der Waals surface area contributed by atoms with Gasteiger partial charge in [0, 0.05) is 10.4 Å². The number of benzene rings is 3. The van der Waals surface area contributed by atoms with E-state index >= 15 is 0 Å². The Morgan fingerprint density at radius 2 is 1.67 bits per heavy atom. The minimum atomic E-state index is -0.957. The maximum Gasteiger partial charge on any atom is 0.337 e. The molecule has 0 spiro atoms.